The fourth-order valence-corrected chi connectivity index (χ4v) is 3.74. The average Bonchev–Trinajstić information content (AvgIpc) is 3.57. The minimum atomic E-state index is -3.04. The monoisotopic (exact) mass is 591 g/mol. The SMILES string of the molecule is CC(N)c1oc(-c2ccc(OC(F)F)c(OCC3CC3)c2)nc1C[C@@]1(C(=O)O)C=CC(C)(C(=O)O)C=N1.Cl.Cl. The van der Waals surface area contributed by atoms with Gasteiger partial charge in [-0.2, -0.15) is 8.78 Å². The maximum absolute atomic E-state index is 12.9. The third kappa shape index (κ3) is 7.06. The van der Waals surface area contributed by atoms with Crippen molar-refractivity contribution in [1.29, 1.82) is 0 Å². The first-order chi connectivity index (χ1) is 17.4. The Bertz CT molecular complexity index is 1250. The van der Waals surface area contributed by atoms with E-state index >= 15 is 0 Å². The van der Waals surface area contributed by atoms with Crippen molar-refractivity contribution in [2.24, 2.45) is 22.1 Å². The van der Waals surface area contributed by atoms with Gasteiger partial charge in [-0.25, -0.2) is 9.78 Å². The molecular weight excluding hydrogens is 563 g/mol. The highest BCUT2D eigenvalue weighted by Crippen LogP contribution is 2.38. The van der Waals surface area contributed by atoms with Gasteiger partial charge in [0, 0.05) is 18.2 Å². The van der Waals surface area contributed by atoms with Gasteiger partial charge in [-0.05, 0) is 56.9 Å². The third-order valence-corrected chi connectivity index (χ3v) is 6.26. The van der Waals surface area contributed by atoms with Gasteiger partial charge in [0.25, 0.3) is 0 Å². The molecule has 214 valence electrons. The lowest BCUT2D eigenvalue weighted by molar-refractivity contribution is -0.143. The zero-order chi connectivity index (χ0) is 27.0. The number of carbonyl (C=O) groups is 2. The fourth-order valence-electron chi connectivity index (χ4n) is 3.74. The molecule has 1 fully saturated rings. The van der Waals surface area contributed by atoms with Crippen LogP contribution in [0.5, 0.6) is 11.5 Å². The average molecular weight is 592 g/mol. The van der Waals surface area contributed by atoms with Crippen LogP contribution in [0.1, 0.15) is 44.2 Å². The van der Waals surface area contributed by atoms with Crippen molar-refractivity contribution < 1.29 is 42.5 Å². The zero-order valence-electron chi connectivity index (χ0n) is 21.0. The highest BCUT2D eigenvalue weighted by atomic mass is 35.5. The van der Waals surface area contributed by atoms with Gasteiger partial charge in [0.1, 0.15) is 11.2 Å². The Hall–Kier alpha value is -3.22. The molecule has 2 aromatic rings. The number of dihydropyridines is 1. The van der Waals surface area contributed by atoms with Crippen LogP contribution < -0.4 is 15.2 Å². The maximum atomic E-state index is 12.9. The van der Waals surface area contributed by atoms with E-state index in [1.54, 1.807) is 6.92 Å². The predicted molar refractivity (Wildman–Crippen MR) is 141 cm³/mol. The standard InChI is InChI=1S/C25H27F2N3O7.2ClH/c1-13(28)19-16(10-25(22(33)34)8-7-24(2,12-29-25)21(31)32)30-20(37-19)15-5-6-17(36-23(26)27)18(9-15)35-11-14-3-4-14;;/h5-9,12-14,23H,3-4,10-11,28H2,1-2H3,(H,31,32)(H,33,34);2*1H/t13?,24?,25-;;/m1../s1. The van der Waals surface area contributed by atoms with E-state index in [-0.39, 0.29) is 60.1 Å². The normalized spacial score (nSPS) is 22.5. The summed E-state index contributed by atoms with van der Waals surface area (Å²) in [6.07, 6.45) is 5.32. The molecule has 0 amide bonds. The number of hydrogen-bond acceptors (Lipinski definition) is 8. The van der Waals surface area contributed by atoms with E-state index in [1.165, 1.54) is 37.3 Å². The van der Waals surface area contributed by atoms with Crippen molar-refractivity contribution in [2.75, 3.05) is 6.61 Å². The number of alkyl halides is 2. The van der Waals surface area contributed by atoms with E-state index in [0.29, 0.717) is 18.1 Å². The van der Waals surface area contributed by atoms with Crippen LogP contribution in [0.3, 0.4) is 0 Å². The molecule has 0 spiro atoms. The molecule has 2 heterocycles. The molecule has 14 heteroatoms. The van der Waals surface area contributed by atoms with Gasteiger partial charge < -0.3 is 29.8 Å². The van der Waals surface area contributed by atoms with Crippen molar-refractivity contribution in [3.05, 3.63) is 41.8 Å². The van der Waals surface area contributed by atoms with Gasteiger partial charge in [0.05, 0.1) is 18.3 Å². The highest BCUT2D eigenvalue weighted by Gasteiger charge is 2.43. The highest BCUT2D eigenvalue weighted by molar-refractivity contribution is 5.99. The molecule has 1 aliphatic carbocycles. The van der Waals surface area contributed by atoms with Crippen molar-refractivity contribution >= 4 is 43.0 Å². The summed E-state index contributed by atoms with van der Waals surface area (Å²) in [7, 11) is 0. The lowest BCUT2D eigenvalue weighted by atomic mass is 9.82. The number of benzene rings is 1. The predicted octanol–water partition coefficient (Wildman–Crippen LogP) is 4.69. The van der Waals surface area contributed by atoms with E-state index in [9.17, 15) is 28.6 Å². The van der Waals surface area contributed by atoms with E-state index in [4.69, 9.17) is 14.9 Å². The summed E-state index contributed by atoms with van der Waals surface area (Å²) < 4.78 is 41.9. The summed E-state index contributed by atoms with van der Waals surface area (Å²) in [5, 5.41) is 19.4. The number of aliphatic carboxylic acids is 2. The van der Waals surface area contributed by atoms with Crippen LogP contribution in [0.2, 0.25) is 0 Å². The Morgan fingerprint density at radius 2 is 1.87 bits per heavy atom. The molecule has 1 aliphatic heterocycles. The lowest BCUT2D eigenvalue weighted by Gasteiger charge is -2.28. The molecule has 0 radical (unpaired) electrons. The molecule has 2 unspecified atom stereocenters. The summed E-state index contributed by atoms with van der Waals surface area (Å²) in [4.78, 5) is 32.3. The molecule has 0 bridgehead atoms. The summed E-state index contributed by atoms with van der Waals surface area (Å²) in [6.45, 7) is 0.344. The Labute approximate surface area is 235 Å². The lowest BCUT2D eigenvalue weighted by Crippen LogP contribution is -2.43. The van der Waals surface area contributed by atoms with Crippen LogP contribution in [0.15, 0.2) is 39.8 Å². The number of ether oxygens (including phenoxy) is 2. The van der Waals surface area contributed by atoms with E-state index < -0.39 is 35.5 Å². The quantitative estimate of drug-likeness (QED) is 0.315. The van der Waals surface area contributed by atoms with Gasteiger partial charge in [-0.1, -0.05) is 6.08 Å². The first kappa shape index (κ1) is 32.0. The summed E-state index contributed by atoms with van der Waals surface area (Å²) >= 11 is 0. The Kier molecular flexibility index (Phi) is 10.1. The summed E-state index contributed by atoms with van der Waals surface area (Å²) in [5.74, 6) is -1.88. The molecule has 0 saturated heterocycles. The van der Waals surface area contributed by atoms with Gasteiger partial charge >= 0.3 is 18.6 Å². The number of aliphatic imine (C=N–C) groups is 1. The number of hydrogen-bond donors (Lipinski definition) is 3. The van der Waals surface area contributed by atoms with Crippen LogP contribution in [-0.4, -0.2) is 52.1 Å². The number of carboxylic acid groups (broad SMARTS) is 2. The molecule has 4 rings (SSSR count). The molecule has 2 aliphatic rings. The number of aromatic nitrogens is 1. The summed E-state index contributed by atoms with van der Waals surface area (Å²) in [6, 6.07) is 3.57. The van der Waals surface area contributed by atoms with Crippen LogP contribution in [0.4, 0.5) is 8.78 Å². The first-order valence-electron chi connectivity index (χ1n) is 11.6. The minimum Gasteiger partial charge on any atom is -0.489 e. The summed E-state index contributed by atoms with van der Waals surface area (Å²) in [5.41, 5.74) is 3.39. The number of oxazole rings is 1. The van der Waals surface area contributed by atoms with E-state index in [0.717, 1.165) is 19.1 Å². The molecule has 1 aromatic heterocycles. The first-order valence-corrected chi connectivity index (χ1v) is 11.6. The fraction of sp³-hybridized carbons (Fsp3) is 0.440. The minimum absolute atomic E-state index is 0. The van der Waals surface area contributed by atoms with Crippen LogP contribution in [0, 0.1) is 11.3 Å². The third-order valence-electron chi connectivity index (χ3n) is 6.26. The second-order valence-electron chi connectivity index (χ2n) is 9.50. The maximum Gasteiger partial charge on any atom is 0.387 e. The second kappa shape index (κ2) is 12.3. The van der Waals surface area contributed by atoms with Crippen molar-refractivity contribution in [2.45, 2.75) is 51.3 Å². The second-order valence-corrected chi connectivity index (χ2v) is 9.50. The molecular formula is C25H29Cl2F2N3O7. The number of halogens is 4. The topological polar surface area (TPSA) is 157 Å². The van der Waals surface area contributed by atoms with Crippen molar-refractivity contribution in [1.82, 2.24) is 4.98 Å². The van der Waals surface area contributed by atoms with Crippen molar-refractivity contribution in [3.8, 4) is 23.0 Å². The molecule has 4 N–H and O–H groups in total. The van der Waals surface area contributed by atoms with Crippen LogP contribution in [-0.2, 0) is 16.0 Å². The van der Waals surface area contributed by atoms with E-state index in [2.05, 4.69) is 14.7 Å². The molecule has 1 saturated carbocycles. The molecule has 10 nitrogen and oxygen atoms in total. The van der Waals surface area contributed by atoms with E-state index in [1.807, 2.05) is 0 Å². The Morgan fingerprint density at radius 1 is 1.18 bits per heavy atom. The smallest absolute Gasteiger partial charge is 0.387 e. The van der Waals surface area contributed by atoms with Gasteiger partial charge in [0.2, 0.25) is 5.89 Å². The van der Waals surface area contributed by atoms with Crippen molar-refractivity contribution in [3.63, 3.8) is 0 Å². The largest absolute Gasteiger partial charge is 0.489 e. The number of nitrogens with two attached hydrogens (primary N) is 1. The van der Waals surface area contributed by atoms with Crippen LogP contribution >= 0.6 is 24.8 Å². The number of rotatable bonds is 11. The van der Waals surface area contributed by atoms with Gasteiger partial charge in [-0.3, -0.25) is 9.79 Å². The Balaban J connectivity index is 0.00000267. The van der Waals surface area contributed by atoms with Gasteiger partial charge in [-0.15, -0.1) is 24.8 Å². The molecule has 3 atom stereocenters. The number of carboxylic acids is 2. The molecule has 1 aromatic carbocycles. The number of nitrogens with zero attached hydrogens (tertiary/aromatic N) is 2. The Morgan fingerprint density at radius 3 is 2.38 bits per heavy atom. The van der Waals surface area contributed by atoms with Crippen LogP contribution in [0.25, 0.3) is 11.5 Å². The zero-order valence-corrected chi connectivity index (χ0v) is 22.6. The van der Waals surface area contributed by atoms with Gasteiger partial charge in [0.15, 0.2) is 17.0 Å². The molecule has 39 heavy (non-hydrogen) atoms.